The number of hydrogen-bond donors (Lipinski definition) is 2. The number of ether oxygens (including phenoxy) is 1. The van der Waals surface area contributed by atoms with Gasteiger partial charge in [0.25, 0.3) is 5.91 Å². The molecule has 28 heavy (non-hydrogen) atoms. The van der Waals surface area contributed by atoms with Crippen LogP contribution in [-0.4, -0.2) is 41.6 Å². The maximum atomic E-state index is 13.4. The smallest absolute Gasteiger partial charge is 0.415 e. The number of hydrogen-bond acceptors (Lipinski definition) is 4. The Morgan fingerprint density at radius 2 is 1.71 bits per heavy atom. The van der Waals surface area contributed by atoms with Gasteiger partial charge in [-0.3, -0.25) is 4.79 Å². The molecular weight excluding hydrogens is 370 g/mol. The Hall–Kier alpha value is -3.16. The van der Waals surface area contributed by atoms with Gasteiger partial charge in [0.2, 0.25) is 0 Å². The molecular formula is C20H20F2N2O4. The maximum absolute atomic E-state index is 13.4. The van der Waals surface area contributed by atoms with Crippen LogP contribution >= 0.6 is 0 Å². The van der Waals surface area contributed by atoms with Crippen LogP contribution in [0.15, 0.2) is 42.5 Å². The summed E-state index contributed by atoms with van der Waals surface area (Å²) < 4.78 is 32.0. The number of rotatable bonds is 4. The highest BCUT2D eigenvalue weighted by Gasteiger charge is 2.25. The van der Waals surface area contributed by atoms with Gasteiger partial charge in [-0.2, -0.15) is 0 Å². The number of halogens is 2. The predicted molar refractivity (Wildman–Crippen MR) is 97.1 cm³/mol. The fourth-order valence-corrected chi connectivity index (χ4v) is 3.01. The first-order valence-electron chi connectivity index (χ1n) is 8.92. The number of benzene rings is 2. The molecule has 0 saturated carbocycles. The molecule has 2 aromatic carbocycles. The summed E-state index contributed by atoms with van der Waals surface area (Å²) in [6.45, 7) is 1.31. The van der Waals surface area contributed by atoms with Gasteiger partial charge in [0.1, 0.15) is 5.75 Å². The fourth-order valence-electron chi connectivity index (χ4n) is 3.01. The number of amides is 2. The molecule has 2 aromatic rings. The van der Waals surface area contributed by atoms with Crippen molar-refractivity contribution in [2.24, 2.45) is 5.92 Å². The number of likely N-dealkylation sites (tertiary alicyclic amines) is 1. The van der Waals surface area contributed by atoms with Gasteiger partial charge in [0.15, 0.2) is 17.4 Å². The first kappa shape index (κ1) is 19.6. The van der Waals surface area contributed by atoms with Crippen molar-refractivity contribution in [2.75, 3.05) is 19.6 Å². The van der Waals surface area contributed by atoms with Gasteiger partial charge in [-0.15, -0.1) is 0 Å². The summed E-state index contributed by atoms with van der Waals surface area (Å²) in [5.74, 6) is -3.48. The summed E-state index contributed by atoms with van der Waals surface area (Å²) in [4.78, 5) is 25.8. The van der Waals surface area contributed by atoms with Gasteiger partial charge in [-0.25, -0.2) is 13.6 Å². The zero-order chi connectivity index (χ0) is 20.1. The van der Waals surface area contributed by atoms with E-state index in [2.05, 4.69) is 5.32 Å². The third-order valence-corrected chi connectivity index (χ3v) is 4.65. The van der Waals surface area contributed by atoms with Crippen molar-refractivity contribution in [3.05, 3.63) is 59.7 Å². The third kappa shape index (κ3) is 4.76. The largest absolute Gasteiger partial charge is 0.503 e. The minimum absolute atomic E-state index is 0.136. The highest BCUT2D eigenvalue weighted by atomic mass is 19.1. The molecule has 1 aliphatic rings. The van der Waals surface area contributed by atoms with Crippen LogP contribution in [-0.2, 0) is 0 Å². The lowest BCUT2D eigenvalue weighted by Gasteiger charge is -2.31. The molecule has 3 rings (SSSR count). The number of carbonyl (C=O) groups excluding carboxylic acids is 2. The summed E-state index contributed by atoms with van der Waals surface area (Å²) in [6.07, 6.45) is 0.925. The average Bonchev–Trinajstić information content (AvgIpc) is 2.71. The van der Waals surface area contributed by atoms with Crippen LogP contribution < -0.4 is 10.1 Å². The van der Waals surface area contributed by atoms with E-state index in [1.807, 2.05) is 6.07 Å². The highest BCUT2D eigenvalue weighted by Crippen LogP contribution is 2.22. The van der Waals surface area contributed by atoms with E-state index >= 15 is 0 Å². The standard InChI is InChI=1S/C20H20F2N2O4/c21-16-10-14(11-17(22)18(16)25)19(26)23-12-13-6-8-24(9-7-13)20(27)28-15-4-2-1-3-5-15/h1-5,10-11,13,25H,6-9,12H2,(H,23,26). The van der Waals surface area contributed by atoms with Crippen LogP contribution in [0.4, 0.5) is 13.6 Å². The average molecular weight is 390 g/mol. The Balaban J connectivity index is 1.45. The van der Waals surface area contributed by atoms with Gasteiger partial charge in [-0.05, 0) is 43.0 Å². The van der Waals surface area contributed by atoms with E-state index in [4.69, 9.17) is 9.84 Å². The molecule has 0 unspecified atom stereocenters. The van der Waals surface area contributed by atoms with Crippen molar-refractivity contribution >= 4 is 12.0 Å². The number of phenols is 1. The molecule has 2 amide bonds. The zero-order valence-electron chi connectivity index (χ0n) is 15.0. The number of nitrogens with one attached hydrogen (secondary N) is 1. The molecule has 2 N–H and O–H groups in total. The van der Waals surface area contributed by atoms with E-state index in [1.165, 1.54) is 0 Å². The van der Waals surface area contributed by atoms with E-state index < -0.39 is 29.4 Å². The molecule has 0 radical (unpaired) electrons. The number of para-hydroxylation sites is 1. The Morgan fingerprint density at radius 3 is 2.32 bits per heavy atom. The second-order valence-corrected chi connectivity index (χ2v) is 6.61. The van der Waals surface area contributed by atoms with Crippen molar-refractivity contribution in [3.8, 4) is 11.5 Å². The summed E-state index contributed by atoms with van der Waals surface area (Å²) in [6, 6.07) is 10.4. The SMILES string of the molecule is O=C(NCC1CCN(C(=O)Oc2ccccc2)CC1)c1cc(F)c(O)c(F)c1. The van der Waals surface area contributed by atoms with Crippen LogP contribution in [0.2, 0.25) is 0 Å². The van der Waals surface area contributed by atoms with Crippen LogP contribution in [0.5, 0.6) is 11.5 Å². The lowest BCUT2D eigenvalue weighted by molar-refractivity contribution is 0.0930. The van der Waals surface area contributed by atoms with Crippen molar-refractivity contribution in [3.63, 3.8) is 0 Å². The fraction of sp³-hybridized carbons (Fsp3) is 0.300. The molecule has 8 heteroatoms. The minimum atomic E-state index is -1.18. The minimum Gasteiger partial charge on any atom is -0.503 e. The van der Waals surface area contributed by atoms with Crippen molar-refractivity contribution in [1.29, 1.82) is 0 Å². The number of aromatic hydroxyl groups is 1. The zero-order valence-corrected chi connectivity index (χ0v) is 15.0. The summed E-state index contributed by atoms with van der Waals surface area (Å²) in [5, 5.41) is 11.7. The molecule has 0 bridgehead atoms. The van der Waals surface area contributed by atoms with E-state index in [-0.39, 0.29) is 11.5 Å². The predicted octanol–water partition coefficient (Wildman–Crippen LogP) is 3.31. The number of phenolic OH excluding ortho intramolecular Hbond substituents is 1. The van der Waals surface area contributed by atoms with Crippen molar-refractivity contribution in [2.45, 2.75) is 12.8 Å². The topological polar surface area (TPSA) is 78.9 Å². The van der Waals surface area contributed by atoms with Crippen molar-refractivity contribution in [1.82, 2.24) is 10.2 Å². The lowest BCUT2D eigenvalue weighted by Crippen LogP contribution is -2.42. The van der Waals surface area contributed by atoms with Gasteiger partial charge in [-0.1, -0.05) is 18.2 Å². The van der Waals surface area contributed by atoms with Gasteiger partial charge in [0, 0.05) is 25.2 Å². The Morgan fingerprint density at radius 1 is 1.11 bits per heavy atom. The Labute approximate surface area is 160 Å². The normalized spacial score (nSPS) is 14.6. The van der Waals surface area contributed by atoms with Crippen molar-refractivity contribution < 1.29 is 28.2 Å². The van der Waals surface area contributed by atoms with E-state index in [0.717, 1.165) is 12.1 Å². The van der Waals surface area contributed by atoms with Crippen LogP contribution in [0.1, 0.15) is 23.2 Å². The summed E-state index contributed by atoms with van der Waals surface area (Å²) in [7, 11) is 0. The molecule has 1 aliphatic heterocycles. The molecule has 1 saturated heterocycles. The second-order valence-electron chi connectivity index (χ2n) is 6.61. The Bertz CT molecular complexity index is 830. The van der Waals surface area contributed by atoms with Crippen LogP contribution in [0.3, 0.4) is 0 Å². The molecule has 148 valence electrons. The van der Waals surface area contributed by atoms with Crippen LogP contribution in [0, 0.1) is 17.6 Å². The highest BCUT2D eigenvalue weighted by molar-refractivity contribution is 5.94. The summed E-state index contributed by atoms with van der Waals surface area (Å²) >= 11 is 0. The van der Waals surface area contributed by atoms with Gasteiger partial charge in [0.05, 0.1) is 0 Å². The molecule has 0 atom stereocenters. The number of piperidine rings is 1. The van der Waals surface area contributed by atoms with Gasteiger partial charge < -0.3 is 20.1 Å². The molecule has 0 spiro atoms. The van der Waals surface area contributed by atoms with Crippen LogP contribution in [0.25, 0.3) is 0 Å². The monoisotopic (exact) mass is 390 g/mol. The molecule has 1 heterocycles. The lowest BCUT2D eigenvalue weighted by atomic mass is 9.97. The van der Waals surface area contributed by atoms with E-state index in [9.17, 15) is 18.4 Å². The number of carbonyl (C=O) groups is 2. The first-order chi connectivity index (χ1) is 13.4. The second kappa shape index (κ2) is 8.69. The maximum Gasteiger partial charge on any atom is 0.415 e. The Kier molecular flexibility index (Phi) is 6.08. The first-order valence-corrected chi connectivity index (χ1v) is 8.92. The quantitative estimate of drug-likeness (QED) is 0.840. The summed E-state index contributed by atoms with van der Waals surface area (Å²) in [5.41, 5.74) is -0.198. The van der Waals surface area contributed by atoms with Gasteiger partial charge >= 0.3 is 6.09 Å². The molecule has 0 aromatic heterocycles. The van der Waals surface area contributed by atoms with E-state index in [0.29, 0.717) is 38.2 Å². The molecule has 0 aliphatic carbocycles. The number of nitrogens with zero attached hydrogens (tertiary/aromatic N) is 1. The molecule has 1 fully saturated rings. The molecule has 6 nitrogen and oxygen atoms in total. The van der Waals surface area contributed by atoms with E-state index in [1.54, 1.807) is 29.2 Å². The third-order valence-electron chi connectivity index (χ3n) is 4.65.